The average molecular weight is 857 g/mol. The van der Waals surface area contributed by atoms with Crippen molar-refractivity contribution in [2.45, 2.75) is 170 Å². The van der Waals surface area contributed by atoms with E-state index in [2.05, 4.69) is 57.9 Å². The molecule has 2 heterocycles. The maximum absolute atomic E-state index is 11.5. The van der Waals surface area contributed by atoms with Crippen LogP contribution in [0.25, 0.3) is 11.1 Å². The Kier molecular flexibility index (Phi) is 31.5. The average Bonchev–Trinajstić information content (AvgIpc) is 3.97. The molecule has 2 N–H and O–H groups in total. The number of carbonyl (C=O) groups is 1. The van der Waals surface area contributed by atoms with Crippen LogP contribution < -0.4 is 5.32 Å². The number of unbranched alkanes of at least 4 members (excludes halogenated alkanes) is 10. The number of amides is 1. The first-order valence-corrected chi connectivity index (χ1v) is 22.5. The molecule has 0 radical (unpaired) electrons. The van der Waals surface area contributed by atoms with Crippen molar-refractivity contribution in [2.24, 2.45) is 4.99 Å². The molecule has 12 heteroatoms. The zero-order valence-electron chi connectivity index (χ0n) is 40.0. The summed E-state index contributed by atoms with van der Waals surface area (Å²) in [4.78, 5) is 25.6. The Balaban J connectivity index is 0.000000789. The Morgan fingerprint density at radius 1 is 0.726 bits per heavy atom. The second-order valence-electron chi connectivity index (χ2n) is 16.1. The molecule has 2 aromatic heterocycles. The third kappa shape index (κ3) is 26.9. The molecular weight excluding hydrogens is 777 g/mol. The standard InChI is InChI=1S/C15H21NO2.C13H15NO.2C10H19N3.C2H6O/c1-6-18-14(17)16-15(4,5)13-9-7-8-12(10-13)11(2)3;1-10(2)11-6-5-7-12(8-11)13(3,4)14-9-15;2*1-2-3-4-5-6-7-9-13-10-8-11-12-13;1-2-3/h7-10H,2,6H2,1,3-5H3,(H,16,17);5-8H,1H2,2-4H3;2*8,10H,2-7,9H2,1H3;3H,2H2,1H3. The SMILES string of the molecule is C=C(C)c1cccc(C(C)(C)N=C=O)c1.C=C(C)c1cccc(C(C)(C)NC(=O)OCC)c1.CCCCCCCCn1ccnn1.CCCCCCCCn1ccnn1.CCO. The number of benzene rings is 2. The number of hydrogen-bond acceptors (Lipinski definition) is 9. The van der Waals surface area contributed by atoms with E-state index in [9.17, 15) is 9.59 Å². The lowest BCUT2D eigenvalue weighted by molar-refractivity contribution is 0.141. The Morgan fingerprint density at radius 3 is 1.53 bits per heavy atom. The molecule has 0 saturated heterocycles. The van der Waals surface area contributed by atoms with E-state index in [4.69, 9.17) is 9.84 Å². The van der Waals surface area contributed by atoms with Crippen LogP contribution in [0.3, 0.4) is 0 Å². The molecule has 0 aliphatic rings. The number of alkyl carbamates (subject to hydrolysis) is 1. The molecule has 0 spiro atoms. The Morgan fingerprint density at radius 2 is 1.15 bits per heavy atom. The molecule has 0 atom stereocenters. The highest BCUT2D eigenvalue weighted by Gasteiger charge is 2.24. The van der Waals surface area contributed by atoms with Gasteiger partial charge in [0.25, 0.3) is 0 Å². The van der Waals surface area contributed by atoms with Crippen LogP contribution in [0.4, 0.5) is 4.79 Å². The van der Waals surface area contributed by atoms with Crippen LogP contribution in [-0.4, -0.2) is 60.5 Å². The number of aryl methyl sites for hydroxylation is 2. The van der Waals surface area contributed by atoms with Gasteiger partial charge in [0.1, 0.15) is 0 Å². The third-order valence-electron chi connectivity index (χ3n) is 9.58. The van der Waals surface area contributed by atoms with Gasteiger partial charge in [0.05, 0.1) is 30.1 Å². The quantitative estimate of drug-likeness (QED) is 0.0478. The molecule has 2 aromatic carbocycles. The predicted molar refractivity (Wildman–Crippen MR) is 256 cm³/mol. The van der Waals surface area contributed by atoms with Crippen LogP contribution in [0, 0.1) is 0 Å². The molecule has 0 aliphatic heterocycles. The predicted octanol–water partition coefficient (Wildman–Crippen LogP) is 12.3. The van der Waals surface area contributed by atoms with E-state index in [1.165, 1.54) is 77.0 Å². The molecule has 0 unspecified atom stereocenters. The summed E-state index contributed by atoms with van der Waals surface area (Å²) in [6, 6.07) is 15.9. The van der Waals surface area contributed by atoms with Crippen molar-refractivity contribution in [1.82, 2.24) is 35.3 Å². The summed E-state index contributed by atoms with van der Waals surface area (Å²) in [5, 5.41) is 25.8. The van der Waals surface area contributed by atoms with E-state index in [-0.39, 0.29) is 6.61 Å². The van der Waals surface area contributed by atoms with Crippen molar-refractivity contribution in [3.8, 4) is 0 Å². The molecule has 0 saturated carbocycles. The van der Waals surface area contributed by atoms with Gasteiger partial charge in [-0.2, -0.15) is 4.99 Å². The van der Waals surface area contributed by atoms with Gasteiger partial charge >= 0.3 is 6.09 Å². The second kappa shape index (κ2) is 34.4. The van der Waals surface area contributed by atoms with E-state index in [1.807, 2.05) is 112 Å². The summed E-state index contributed by atoms with van der Waals surface area (Å²) in [6.07, 6.45) is 24.5. The van der Waals surface area contributed by atoms with Gasteiger partial charge in [0.2, 0.25) is 6.08 Å². The lowest BCUT2D eigenvalue weighted by Crippen LogP contribution is -2.41. The topological polar surface area (TPSA) is 149 Å². The molecule has 0 aliphatic carbocycles. The lowest BCUT2D eigenvalue weighted by atomic mass is 9.92. The number of carbonyl (C=O) groups excluding carboxylic acids is 2. The number of nitrogens with zero attached hydrogens (tertiary/aromatic N) is 7. The fourth-order valence-corrected chi connectivity index (χ4v) is 5.82. The third-order valence-corrected chi connectivity index (χ3v) is 9.58. The minimum Gasteiger partial charge on any atom is -0.450 e. The highest BCUT2D eigenvalue weighted by molar-refractivity contribution is 5.69. The first-order valence-electron chi connectivity index (χ1n) is 22.5. The van der Waals surface area contributed by atoms with E-state index < -0.39 is 17.2 Å². The monoisotopic (exact) mass is 857 g/mol. The number of aliphatic hydroxyl groups excluding tert-OH is 1. The van der Waals surface area contributed by atoms with Crippen molar-refractivity contribution in [3.05, 3.63) is 109 Å². The van der Waals surface area contributed by atoms with E-state index >= 15 is 0 Å². The molecule has 344 valence electrons. The highest BCUT2D eigenvalue weighted by atomic mass is 16.5. The highest BCUT2D eigenvalue weighted by Crippen LogP contribution is 2.27. The summed E-state index contributed by atoms with van der Waals surface area (Å²) in [7, 11) is 0. The largest absolute Gasteiger partial charge is 0.450 e. The van der Waals surface area contributed by atoms with Gasteiger partial charge < -0.3 is 15.2 Å². The van der Waals surface area contributed by atoms with Crippen LogP contribution in [0.5, 0.6) is 0 Å². The van der Waals surface area contributed by atoms with Crippen LogP contribution >= 0.6 is 0 Å². The van der Waals surface area contributed by atoms with Crippen molar-refractivity contribution >= 4 is 23.3 Å². The molecule has 12 nitrogen and oxygen atoms in total. The smallest absolute Gasteiger partial charge is 0.407 e. The Labute approximate surface area is 374 Å². The molecule has 0 bridgehead atoms. The van der Waals surface area contributed by atoms with Gasteiger partial charge in [-0.25, -0.2) is 9.59 Å². The van der Waals surface area contributed by atoms with Gasteiger partial charge in [-0.3, -0.25) is 9.36 Å². The summed E-state index contributed by atoms with van der Waals surface area (Å²) in [5.41, 5.74) is 5.17. The zero-order chi connectivity index (χ0) is 46.7. The minimum atomic E-state index is -0.521. The number of aliphatic imine (C=N–C) groups is 1. The second-order valence-corrected chi connectivity index (χ2v) is 16.1. The first-order chi connectivity index (χ1) is 29.6. The van der Waals surface area contributed by atoms with Gasteiger partial charge in [-0.1, -0.05) is 149 Å². The summed E-state index contributed by atoms with van der Waals surface area (Å²) in [5.74, 6) is 0. The molecular formula is C50H80N8O4. The number of isocyanates is 1. The number of ether oxygens (including phenoxy) is 1. The van der Waals surface area contributed by atoms with E-state index in [0.29, 0.717) is 6.61 Å². The van der Waals surface area contributed by atoms with Crippen molar-refractivity contribution in [1.29, 1.82) is 0 Å². The van der Waals surface area contributed by atoms with Crippen molar-refractivity contribution < 1.29 is 19.4 Å². The molecule has 4 rings (SSSR count). The number of aromatic nitrogens is 6. The summed E-state index contributed by atoms with van der Waals surface area (Å²) in [6.45, 7) is 30.0. The fourth-order valence-electron chi connectivity index (χ4n) is 5.82. The first kappa shape index (κ1) is 56.8. The number of aliphatic hydroxyl groups is 1. The minimum absolute atomic E-state index is 0.250. The fraction of sp³-hybridized carbons (Fsp3) is 0.560. The van der Waals surface area contributed by atoms with Gasteiger partial charge in [0, 0.05) is 32.1 Å². The molecule has 0 fully saturated rings. The Hall–Kier alpha value is -5.19. The van der Waals surface area contributed by atoms with Gasteiger partial charge in [-0.15, -0.1) is 10.2 Å². The van der Waals surface area contributed by atoms with Crippen molar-refractivity contribution in [3.63, 3.8) is 0 Å². The normalized spacial score (nSPS) is 10.4. The van der Waals surface area contributed by atoms with Crippen molar-refractivity contribution in [2.75, 3.05) is 13.2 Å². The molecule has 4 aromatic rings. The van der Waals surface area contributed by atoms with E-state index in [1.54, 1.807) is 32.3 Å². The summed E-state index contributed by atoms with van der Waals surface area (Å²) < 4.78 is 8.71. The maximum Gasteiger partial charge on any atom is 0.407 e. The number of nitrogens with one attached hydrogen (secondary N) is 1. The van der Waals surface area contributed by atoms with Crippen LogP contribution in [0.15, 0.2) is 91.5 Å². The molecule has 1 amide bonds. The maximum atomic E-state index is 11.5. The van der Waals surface area contributed by atoms with Crippen LogP contribution in [-0.2, 0) is 33.7 Å². The zero-order valence-corrected chi connectivity index (χ0v) is 40.0. The Bertz CT molecular complexity index is 1750. The number of allylic oxidation sites excluding steroid dienone is 2. The van der Waals surface area contributed by atoms with E-state index in [0.717, 1.165) is 46.5 Å². The van der Waals surface area contributed by atoms with Crippen LogP contribution in [0.2, 0.25) is 0 Å². The van der Waals surface area contributed by atoms with Crippen LogP contribution in [0.1, 0.15) is 169 Å². The number of rotatable bonds is 21. The summed E-state index contributed by atoms with van der Waals surface area (Å²) >= 11 is 0. The van der Waals surface area contributed by atoms with Gasteiger partial charge in [0.15, 0.2) is 0 Å². The lowest BCUT2D eigenvalue weighted by Gasteiger charge is -2.26. The van der Waals surface area contributed by atoms with Gasteiger partial charge in [-0.05, 0) is 103 Å². The number of hydrogen-bond donors (Lipinski definition) is 2. The molecule has 62 heavy (non-hydrogen) atoms.